The third kappa shape index (κ3) is 2.96. The number of carbonyl (C=O) groups excluding carboxylic acids is 1. The minimum atomic E-state index is -1.68. The Hall–Kier alpha value is -1.11. The molecule has 0 aromatic heterocycles. The van der Waals surface area contributed by atoms with Crippen LogP contribution in [0.1, 0.15) is 19.8 Å². The maximum absolute atomic E-state index is 11.2. The highest BCUT2D eigenvalue weighted by atomic mass is 16.8. The van der Waals surface area contributed by atoms with Crippen LogP contribution in [-0.4, -0.2) is 91.7 Å². The maximum atomic E-state index is 11.2. The summed E-state index contributed by atoms with van der Waals surface area (Å²) in [6, 6.07) is 0. The van der Waals surface area contributed by atoms with E-state index in [0.717, 1.165) is 6.26 Å². The second-order valence-corrected chi connectivity index (χ2v) is 7.29. The van der Waals surface area contributed by atoms with Crippen molar-refractivity contribution >= 4 is 6.29 Å². The lowest BCUT2D eigenvalue weighted by Crippen LogP contribution is -2.62. The number of hydrogen-bond acceptors (Lipinski definition) is 10. The Balaban J connectivity index is 1.85. The van der Waals surface area contributed by atoms with Crippen LogP contribution in [0, 0.1) is 5.92 Å². The van der Waals surface area contributed by atoms with Crippen LogP contribution in [0.5, 0.6) is 0 Å². The van der Waals surface area contributed by atoms with Crippen molar-refractivity contribution in [3.63, 3.8) is 0 Å². The van der Waals surface area contributed by atoms with Gasteiger partial charge in [-0.15, -0.1) is 0 Å². The molecule has 2 heterocycles. The number of rotatable bonds is 4. The van der Waals surface area contributed by atoms with E-state index in [0.29, 0.717) is 6.29 Å². The summed E-state index contributed by atoms with van der Waals surface area (Å²) in [5.74, 6) is -1.06. The molecule has 6 N–H and O–H groups in total. The zero-order chi connectivity index (χ0) is 19.3. The van der Waals surface area contributed by atoms with E-state index in [1.807, 2.05) is 0 Å². The monoisotopic (exact) mass is 376 g/mol. The second kappa shape index (κ2) is 6.80. The lowest BCUT2D eigenvalue weighted by atomic mass is 9.78. The molecule has 3 rings (SSSR count). The Bertz CT molecular complexity index is 575. The molecule has 26 heavy (non-hydrogen) atoms. The van der Waals surface area contributed by atoms with Gasteiger partial charge in [0.25, 0.3) is 0 Å². The Morgan fingerprint density at radius 1 is 1.19 bits per heavy atom. The molecule has 1 saturated carbocycles. The van der Waals surface area contributed by atoms with Crippen LogP contribution >= 0.6 is 0 Å². The summed E-state index contributed by atoms with van der Waals surface area (Å²) in [5.41, 5.74) is -3.15. The van der Waals surface area contributed by atoms with Crippen LogP contribution in [0.25, 0.3) is 0 Å². The Morgan fingerprint density at radius 2 is 1.88 bits per heavy atom. The zero-order valence-corrected chi connectivity index (χ0v) is 14.1. The van der Waals surface area contributed by atoms with Crippen molar-refractivity contribution in [3.05, 3.63) is 11.8 Å². The van der Waals surface area contributed by atoms with Gasteiger partial charge in [0.2, 0.25) is 6.29 Å². The number of hydrogen-bond donors (Lipinski definition) is 6. The molecule has 0 bridgehead atoms. The Labute approximate surface area is 149 Å². The average Bonchev–Trinajstić information content (AvgIpc) is 2.86. The summed E-state index contributed by atoms with van der Waals surface area (Å²) in [7, 11) is 0. The van der Waals surface area contributed by atoms with Crippen LogP contribution in [-0.2, 0) is 19.0 Å². The standard InChI is InChI=1S/C16H24O10/c1-15(22)2-3-16(23)7(4-17)6-24-14(12(15)16)26-13-11(21)10(20)9(19)8(5-18)25-13/h4,6,8-14,18-23H,2-3,5H2,1H3/t8-,9-,10+,11-,12-,13-,14+,15+,16+/m1/s1. The third-order valence-corrected chi connectivity index (χ3v) is 5.54. The lowest BCUT2D eigenvalue weighted by Gasteiger charge is -2.46. The summed E-state index contributed by atoms with van der Waals surface area (Å²) in [6.45, 7) is 0.840. The molecule has 0 radical (unpaired) electrons. The van der Waals surface area contributed by atoms with Gasteiger partial charge >= 0.3 is 0 Å². The predicted molar refractivity (Wildman–Crippen MR) is 82.2 cm³/mol. The number of aliphatic hydroxyl groups excluding tert-OH is 4. The predicted octanol–water partition coefficient (Wildman–Crippen LogP) is -2.87. The number of carbonyl (C=O) groups is 1. The molecule has 0 amide bonds. The molecule has 2 aliphatic heterocycles. The number of aldehydes is 1. The number of aliphatic hydroxyl groups is 6. The van der Waals surface area contributed by atoms with Crippen molar-refractivity contribution in [3.8, 4) is 0 Å². The molecule has 0 aromatic rings. The molecular formula is C16H24O10. The van der Waals surface area contributed by atoms with Crippen molar-refractivity contribution < 1.29 is 49.6 Å². The maximum Gasteiger partial charge on any atom is 0.210 e. The normalized spacial score (nSPS) is 51.3. The van der Waals surface area contributed by atoms with E-state index in [1.165, 1.54) is 6.92 Å². The van der Waals surface area contributed by atoms with Crippen LogP contribution < -0.4 is 0 Å². The first-order valence-corrected chi connectivity index (χ1v) is 8.37. The van der Waals surface area contributed by atoms with Crippen molar-refractivity contribution in [2.75, 3.05) is 6.61 Å². The lowest BCUT2D eigenvalue weighted by molar-refractivity contribution is -0.351. The third-order valence-electron chi connectivity index (χ3n) is 5.54. The summed E-state index contributed by atoms with van der Waals surface area (Å²) < 4.78 is 16.2. The average molecular weight is 376 g/mol. The molecule has 0 unspecified atom stereocenters. The van der Waals surface area contributed by atoms with E-state index in [9.17, 15) is 35.4 Å². The number of fused-ring (bicyclic) bond motifs is 1. The van der Waals surface area contributed by atoms with Gasteiger partial charge in [0, 0.05) is 0 Å². The second-order valence-electron chi connectivity index (χ2n) is 7.29. The van der Waals surface area contributed by atoms with E-state index < -0.39 is 60.7 Å². The summed E-state index contributed by atoms with van der Waals surface area (Å²) in [5, 5.41) is 60.5. The fraction of sp³-hybridized carbons (Fsp3) is 0.812. The first-order chi connectivity index (χ1) is 12.2. The van der Waals surface area contributed by atoms with Gasteiger partial charge in [0.15, 0.2) is 12.6 Å². The van der Waals surface area contributed by atoms with Gasteiger partial charge in [0.05, 0.1) is 30.0 Å². The molecule has 3 aliphatic rings. The van der Waals surface area contributed by atoms with Crippen LogP contribution in [0.15, 0.2) is 11.8 Å². The fourth-order valence-electron chi connectivity index (χ4n) is 3.98. The smallest absolute Gasteiger partial charge is 0.210 e. The highest BCUT2D eigenvalue weighted by Gasteiger charge is 2.62. The molecule has 1 saturated heterocycles. The number of ether oxygens (including phenoxy) is 3. The molecule has 2 fully saturated rings. The molecule has 1 aliphatic carbocycles. The molecule has 148 valence electrons. The summed E-state index contributed by atoms with van der Waals surface area (Å²) >= 11 is 0. The minimum absolute atomic E-state index is 0.0334. The highest BCUT2D eigenvalue weighted by molar-refractivity contribution is 5.76. The molecular weight excluding hydrogens is 352 g/mol. The van der Waals surface area contributed by atoms with E-state index in [-0.39, 0.29) is 18.4 Å². The molecule has 0 spiro atoms. The SMILES string of the molecule is C[C@]1(O)CC[C@]2(O)C(C=O)=CO[C@@H](O[C@H]3O[C@H](CO)[C@@H](O)[C@H](O)[C@H]3O)[C@H]12. The van der Waals surface area contributed by atoms with E-state index >= 15 is 0 Å². The van der Waals surface area contributed by atoms with Crippen LogP contribution in [0.3, 0.4) is 0 Å². The first kappa shape index (κ1) is 19.6. The van der Waals surface area contributed by atoms with Gasteiger partial charge < -0.3 is 44.8 Å². The largest absolute Gasteiger partial charge is 0.471 e. The van der Waals surface area contributed by atoms with E-state index in [2.05, 4.69) is 0 Å². The van der Waals surface area contributed by atoms with Gasteiger partial charge in [0.1, 0.15) is 30.0 Å². The van der Waals surface area contributed by atoms with Gasteiger partial charge in [-0.3, -0.25) is 4.79 Å². The van der Waals surface area contributed by atoms with Crippen LogP contribution in [0.4, 0.5) is 0 Å². The van der Waals surface area contributed by atoms with Crippen molar-refractivity contribution in [2.24, 2.45) is 5.92 Å². The van der Waals surface area contributed by atoms with E-state index in [4.69, 9.17) is 14.2 Å². The van der Waals surface area contributed by atoms with Gasteiger partial charge in [-0.2, -0.15) is 0 Å². The van der Waals surface area contributed by atoms with Crippen molar-refractivity contribution in [1.29, 1.82) is 0 Å². The zero-order valence-electron chi connectivity index (χ0n) is 14.1. The van der Waals surface area contributed by atoms with Gasteiger partial charge in [-0.05, 0) is 19.8 Å². The molecule has 9 atom stereocenters. The Morgan fingerprint density at radius 3 is 2.50 bits per heavy atom. The molecule has 0 aromatic carbocycles. The topological polar surface area (TPSA) is 166 Å². The van der Waals surface area contributed by atoms with Crippen LogP contribution in [0.2, 0.25) is 0 Å². The molecule has 10 heteroatoms. The van der Waals surface area contributed by atoms with Crippen molar-refractivity contribution in [1.82, 2.24) is 0 Å². The van der Waals surface area contributed by atoms with Gasteiger partial charge in [-0.1, -0.05) is 0 Å². The fourth-order valence-corrected chi connectivity index (χ4v) is 3.98. The molecule has 10 nitrogen and oxygen atoms in total. The summed E-state index contributed by atoms with van der Waals surface area (Å²) in [4.78, 5) is 11.2. The summed E-state index contributed by atoms with van der Waals surface area (Å²) in [6.07, 6.45) is -7.07. The highest BCUT2D eigenvalue weighted by Crippen LogP contribution is 2.51. The van der Waals surface area contributed by atoms with E-state index in [1.54, 1.807) is 0 Å². The van der Waals surface area contributed by atoms with Gasteiger partial charge in [-0.25, -0.2) is 0 Å². The Kier molecular flexibility index (Phi) is 5.14. The van der Waals surface area contributed by atoms with Crippen molar-refractivity contribution in [2.45, 2.75) is 68.0 Å². The quantitative estimate of drug-likeness (QED) is 0.281. The first-order valence-electron chi connectivity index (χ1n) is 8.37. The minimum Gasteiger partial charge on any atom is -0.471 e.